The molecule has 1 saturated heterocycles. The Morgan fingerprint density at radius 1 is 1.33 bits per heavy atom. The monoisotopic (exact) mass is 330 g/mol. The predicted octanol–water partition coefficient (Wildman–Crippen LogP) is 3.68. The summed E-state index contributed by atoms with van der Waals surface area (Å²) in [6, 6.07) is 6.56. The molecular formula is C14H20BrClN2. The van der Waals surface area contributed by atoms with Crippen LogP contribution in [0.25, 0.3) is 0 Å². The Balaban J connectivity index is 1.79. The molecule has 0 saturated carbocycles. The summed E-state index contributed by atoms with van der Waals surface area (Å²) in [4.78, 5) is 2.53. The first-order chi connectivity index (χ1) is 8.63. The lowest BCUT2D eigenvalue weighted by Crippen LogP contribution is -2.37. The van der Waals surface area contributed by atoms with Gasteiger partial charge in [0.2, 0.25) is 0 Å². The van der Waals surface area contributed by atoms with E-state index in [4.69, 9.17) is 11.6 Å². The average Bonchev–Trinajstić information content (AvgIpc) is 2.78. The Hall–Kier alpha value is -0.0900. The maximum Gasteiger partial charge on any atom is 0.0420 e. The Morgan fingerprint density at radius 2 is 2.06 bits per heavy atom. The average molecular weight is 332 g/mol. The fourth-order valence-electron chi connectivity index (χ4n) is 2.42. The van der Waals surface area contributed by atoms with Crippen LogP contribution in [0.15, 0.2) is 22.7 Å². The van der Waals surface area contributed by atoms with E-state index in [-0.39, 0.29) is 0 Å². The Bertz CT molecular complexity index is 371. The molecule has 0 radical (unpaired) electrons. The molecule has 4 heteroatoms. The number of rotatable bonds is 5. The van der Waals surface area contributed by atoms with E-state index in [9.17, 15) is 0 Å². The van der Waals surface area contributed by atoms with Crippen molar-refractivity contribution in [2.24, 2.45) is 0 Å². The lowest BCUT2D eigenvalue weighted by Gasteiger charge is -2.21. The largest absolute Gasteiger partial charge is 0.309 e. The molecule has 1 aromatic rings. The first kappa shape index (κ1) is 14.3. The molecule has 1 atom stereocenters. The molecular weight excluding hydrogens is 312 g/mol. The third-order valence-electron chi connectivity index (χ3n) is 3.31. The van der Waals surface area contributed by atoms with Gasteiger partial charge in [-0.3, -0.25) is 0 Å². The molecule has 1 unspecified atom stereocenters. The summed E-state index contributed by atoms with van der Waals surface area (Å²) in [5.74, 6) is 0. The van der Waals surface area contributed by atoms with Gasteiger partial charge < -0.3 is 10.2 Å². The van der Waals surface area contributed by atoms with Gasteiger partial charge in [0.1, 0.15) is 0 Å². The van der Waals surface area contributed by atoms with E-state index >= 15 is 0 Å². The minimum absolute atomic E-state index is 0.515. The van der Waals surface area contributed by atoms with Crippen LogP contribution in [0, 0.1) is 0 Å². The standard InChI is InChI=1S/C14H20BrClN2/c1-11(10-18-4-2-3-5-18)17-9-12-6-13(15)8-14(16)7-12/h6-8,11,17H,2-5,9-10H2,1H3. The molecule has 1 N–H and O–H groups in total. The highest BCUT2D eigenvalue weighted by Gasteiger charge is 2.14. The highest BCUT2D eigenvalue weighted by molar-refractivity contribution is 9.10. The molecule has 1 fully saturated rings. The first-order valence-electron chi connectivity index (χ1n) is 6.54. The maximum atomic E-state index is 6.04. The molecule has 18 heavy (non-hydrogen) atoms. The zero-order valence-electron chi connectivity index (χ0n) is 10.8. The summed E-state index contributed by atoms with van der Waals surface area (Å²) >= 11 is 9.51. The summed E-state index contributed by atoms with van der Waals surface area (Å²) in [5.41, 5.74) is 1.22. The van der Waals surface area contributed by atoms with Crippen LogP contribution in [0.4, 0.5) is 0 Å². The van der Waals surface area contributed by atoms with Crippen molar-refractivity contribution in [1.82, 2.24) is 10.2 Å². The van der Waals surface area contributed by atoms with Crippen LogP contribution in [-0.4, -0.2) is 30.6 Å². The van der Waals surface area contributed by atoms with Gasteiger partial charge in [0.05, 0.1) is 0 Å². The minimum atomic E-state index is 0.515. The third-order valence-corrected chi connectivity index (χ3v) is 3.98. The number of hydrogen-bond donors (Lipinski definition) is 1. The summed E-state index contributed by atoms with van der Waals surface area (Å²) in [5, 5.41) is 4.34. The molecule has 0 aliphatic carbocycles. The third kappa shape index (κ3) is 4.54. The van der Waals surface area contributed by atoms with E-state index in [2.05, 4.69) is 39.1 Å². The lowest BCUT2D eigenvalue weighted by molar-refractivity contribution is 0.298. The van der Waals surface area contributed by atoms with Crippen LogP contribution >= 0.6 is 27.5 Å². The molecule has 0 bridgehead atoms. The van der Waals surface area contributed by atoms with Crippen molar-refractivity contribution < 1.29 is 0 Å². The van der Waals surface area contributed by atoms with Gasteiger partial charge >= 0.3 is 0 Å². The number of likely N-dealkylation sites (tertiary alicyclic amines) is 1. The van der Waals surface area contributed by atoms with Crippen LogP contribution in [0.2, 0.25) is 5.02 Å². The second-order valence-electron chi connectivity index (χ2n) is 5.07. The molecule has 1 heterocycles. The normalized spacial score (nSPS) is 18.2. The van der Waals surface area contributed by atoms with Crippen molar-refractivity contribution in [2.75, 3.05) is 19.6 Å². The lowest BCUT2D eigenvalue weighted by atomic mass is 10.2. The minimum Gasteiger partial charge on any atom is -0.309 e. The summed E-state index contributed by atoms with van der Waals surface area (Å²) in [6.07, 6.45) is 2.71. The number of nitrogens with zero attached hydrogens (tertiary/aromatic N) is 1. The molecule has 1 aliphatic heterocycles. The van der Waals surface area contributed by atoms with Gasteiger partial charge in [-0.2, -0.15) is 0 Å². The van der Waals surface area contributed by atoms with Crippen molar-refractivity contribution in [3.8, 4) is 0 Å². The van der Waals surface area contributed by atoms with E-state index in [1.165, 1.54) is 31.5 Å². The predicted molar refractivity (Wildman–Crippen MR) is 81.1 cm³/mol. The van der Waals surface area contributed by atoms with Crippen LogP contribution < -0.4 is 5.32 Å². The number of hydrogen-bond acceptors (Lipinski definition) is 2. The van der Waals surface area contributed by atoms with Gasteiger partial charge in [-0.25, -0.2) is 0 Å². The van der Waals surface area contributed by atoms with Gasteiger partial charge in [-0.1, -0.05) is 27.5 Å². The fraction of sp³-hybridized carbons (Fsp3) is 0.571. The van der Waals surface area contributed by atoms with Crippen molar-refractivity contribution in [1.29, 1.82) is 0 Å². The van der Waals surface area contributed by atoms with E-state index in [0.29, 0.717) is 6.04 Å². The Labute approximate surface area is 123 Å². The fourth-order valence-corrected chi connectivity index (χ4v) is 3.35. The van der Waals surface area contributed by atoms with Crippen molar-refractivity contribution >= 4 is 27.5 Å². The molecule has 2 rings (SSSR count). The maximum absolute atomic E-state index is 6.04. The van der Waals surface area contributed by atoms with Gasteiger partial charge in [0, 0.05) is 28.6 Å². The molecule has 0 amide bonds. The number of nitrogens with one attached hydrogen (secondary N) is 1. The van der Waals surface area contributed by atoms with E-state index < -0.39 is 0 Å². The van der Waals surface area contributed by atoms with Crippen molar-refractivity contribution in [3.05, 3.63) is 33.3 Å². The number of halogens is 2. The van der Waals surface area contributed by atoms with Crippen molar-refractivity contribution in [2.45, 2.75) is 32.4 Å². The molecule has 1 aliphatic rings. The van der Waals surface area contributed by atoms with E-state index in [1.54, 1.807) is 0 Å². The smallest absolute Gasteiger partial charge is 0.0420 e. The van der Waals surface area contributed by atoms with Gasteiger partial charge in [0.25, 0.3) is 0 Å². The summed E-state index contributed by atoms with van der Waals surface area (Å²) < 4.78 is 1.04. The highest BCUT2D eigenvalue weighted by Crippen LogP contribution is 2.19. The zero-order chi connectivity index (χ0) is 13.0. The zero-order valence-corrected chi connectivity index (χ0v) is 13.1. The second-order valence-corrected chi connectivity index (χ2v) is 6.42. The molecule has 100 valence electrons. The molecule has 0 aromatic heterocycles. The van der Waals surface area contributed by atoms with Crippen LogP contribution in [0.1, 0.15) is 25.3 Å². The van der Waals surface area contributed by atoms with E-state index in [0.717, 1.165) is 22.6 Å². The summed E-state index contributed by atoms with van der Waals surface area (Å²) in [6.45, 7) is 6.78. The van der Waals surface area contributed by atoms with Gasteiger partial charge in [-0.05, 0) is 56.6 Å². The van der Waals surface area contributed by atoms with Gasteiger partial charge in [0.15, 0.2) is 0 Å². The molecule has 1 aromatic carbocycles. The Morgan fingerprint density at radius 3 is 2.72 bits per heavy atom. The van der Waals surface area contributed by atoms with Crippen LogP contribution in [0.5, 0.6) is 0 Å². The van der Waals surface area contributed by atoms with E-state index in [1.807, 2.05) is 12.1 Å². The number of benzene rings is 1. The van der Waals surface area contributed by atoms with Crippen molar-refractivity contribution in [3.63, 3.8) is 0 Å². The summed E-state index contributed by atoms with van der Waals surface area (Å²) in [7, 11) is 0. The SMILES string of the molecule is CC(CN1CCCC1)NCc1cc(Cl)cc(Br)c1. The highest BCUT2D eigenvalue weighted by atomic mass is 79.9. The molecule has 2 nitrogen and oxygen atoms in total. The topological polar surface area (TPSA) is 15.3 Å². The van der Waals surface area contributed by atoms with Crippen LogP contribution in [0.3, 0.4) is 0 Å². The van der Waals surface area contributed by atoms with Crippen LogP contribution in [-0.2, 0) is 6.54 Å². The molecule has 0 spiro atoms. The van der Waals surface area contributed by atoms with Gasteiger partial charge in [-0.15, -0.1) is 0 Å². The first-order valence-corrected chi connectivity index (χ1v) is 7.71. The Kier molecular flexibility index (Phi) is 5.49. The second kappa shape index (κ2) is 6.90. The quantitative estimate of drug-likeness (QED) is 0.885.